The van der Waals surface area contributed by atoms with E-state index < -0.39 is 0 Å². The van der Waals surface area contributed by atoms with Gasteiger partial charge in [0.05, 0.1) is 0 Å². The van der Waals surface area contributed by atoms with Crippen molar-refractivity contribution in [1.29, 1.82) is 0 Å². The number of halogens is 1. The minimum Gasteiger partial charge on any atom is -0.312 e. The van der Waals surface area contributed by atoms with Crippen LogP contribution in [0.4, 0.5) is 0 Å². The van der Waals surface area contributed by atoms with E-state index in [1.807, 2.05) is 0 Å². The molecule has 0 aliphatic rings. The molecule has 1 rings (SSSR count). The molecule has 2 heteroatoms. The highest BCUT2D eigenvalue weighted by atomic mass is 127. The molecule has 0 atom stereocenters. The van der Waals surface area contributed by atoms with E-state index in [1.165, 1.54) is 26.7 Å². The molecule has 0 spiro atoms. The van der Waals surface area contributed by atoms with E-state index in [9.17, 15) is 0 Å². The zero-order valence-electron chi connectivity index (χ0n) is 9.15. The predicted octanol–water partition coefficient (Wildman–Crippen LogP) is 3.14. The molecule has 1 N–H and O–H groups in total. The molecule has 1 aromatic rings. The van der Waals surface area contributed by atoms with Crippen molar-refractivity contribution in [3.8, 4) is 0 Å². The summed E-state index contributed by atoms with van der Waals surface area (Å²) in [5, 5.41) is 3.44. The van der Waals surface area contributed by atoms with E-state index in [4.69, 9.17) is 0 Å². The highest BCUT2D eigenvalue weighted by Gasteiger charge is 2.02. The third-order valence-electron chi connectivity index (χ3n) is 2.41. The lowest BCUT2D eigenvalue weighted by Crippen LogP contribution is -2.17. The van der Waals surface area contributed by atoms with Gasteiger partial charge in [0.15, 0.2) is 0 Å². The zero-order chi connectivity index (χ0) is 10.6. The molecule has 0 aromatic heterocycles. The van der Waals surface area contributed by atoms with E-state index in [2.05, 4.69) is 60.8 Å². The lowest BCUT2D eigenvalue weighted by Gasteiger charge is -2.11. The summed E-state index contributed by atoms with van der Waals surface area (Å²) in [5.41, 5.74) is 5.63. The number of aryl methyl sites for hydroxylation is 3. The van der Waals surface area contributed by atoms with Crippen LogP contribution >= 0.6 is 22.6 Å². The zero-order valence-corrected chi connectivity index (χ0v) is 11.3. The van der Waals surface area contributed by atoms with Crippen LogP contribution < -0.4 is 5.32 Å². The maximum absolute atomic E-state index is 3.44. The number of benzene rings is 1. The van der Waals surface area contributed by atoms with Crippen LogP contribution in [0.1, 0.15) is 22.3 Å². The second kappa shape index (κ2) is 5.71. The van der Waals surface area contributed by atoms with Crippen molar-refractivity contribution in [3.63, 3.8) is 0 Å². The second-order valence-electron chi connectivity index (χ2n) is 3.74. The second-order valence-corrected chi connectivity index (χ2v) is 4.82. The lowest BCUT2D eigenvalue weighted by atomic mass is 10.00. The maximum atomic E-state index is 3.44. The Labute approximate surface area is 100 Å². The Bertz CT molecular complexity index is 284. The topological polar surface area (TPSA) is 12.0 Å². The van der Waals surface area contributed by atoms with Gasteiger partial charge in [-0.3, -0.25) is 0 Å². The molecule has 0 bridgehead atoms. The highest BCUT2D eigenvalue weighted by Crippen LogP contribution is 2.15. The third-order valence-corrected chi connectivity index (χ3v) is 2.95. The Hall–Kier alpha value is -0.0900. The van der Waals surface area contributed by atoms with E-state index in [0.29, 0.717) is 0 Å². The fourth-order valence-corrected chi connectivity index (χ4v) is 2.15. The van der Waals surface area contributed by atoms with E-state index in [0.717, 1.165) is 13.1 Å². The Morgan fingerprint density at radius 2 is 1.71 bits per heavy atom. The number of hydrogen-bond donors (Lipinski definition) is 1. The Morgan fingerprint density at radius 1 is 1.14 bits per heavy atom. The summed E-state index contributed by atoms with van der Waals surface area (Å²) in [5.74, 6) is 0. The smallest absolute Gasteiger partial charge is 0.0211 e. The first-order valence-corrected chi connectivity index (χ1v) is 6.51. The van der Waals surface area contributed by atoms with Gasteiger partial charge >= 0.3 is 0 Å². The fourth-order valence-electron chi connectivity index (χ4n) is 1.77. The van der Waals surface area contributed by atoms with Crippen molar-refractivity contribution in [2.24, 2.45) is 0 Å². The average Bonchev–Trinajstić information content (AvgIpc) is 2.09. The summed E-state index contributed by atoms with van der Waals surface area (Å²) in [6.07, 6.45) is 0. The molecule has 0 heterocycles. The summed E-state index contributed by atoms with van der Waals surface area (Å²) in [4.78, 5) is 0. The molecule has 0 aliphatic heterocycles. The molecule has 14 heavy (non-hydrogen) atoms. The van der Waals surface area contributed by atoms with Gasteiger partial charge in [-0.1, -0.05) is 40.3 Å². The van der Waals surface area contributed by atoms with Gasteiger partial charge in [0.1, 0.15) is 0 Å². The fraction of sp³-hybridized carbons (Fsp3) is 0.500. The summed E-state index contributed by atoms with van der Waals surface area (Å²) in [7, 11) is 0. The first kappa shape index (κ1) is 12.0. The Balaban J connectivity index is 2.75. The molecule has 1 aromatic carbocycles. The standard InChI is InChI=1S/C12H18IN/c1-9-6-10(2)12(11(3)7-9)8-14-5-4-13/h6-7,14H,4-5,8H2,1-3H3. The van der Waals surface area contributed by atoms with Crippen molar-refractivity contribution in [3.05, 3.63) is 34.4 Å². The number of rotatable bonds is 4. The summed E-state index contributed by atoms with van der Waals surface area (Å²) in [6, 6.07) is 4.52. The SMILES string of the molecule is Cc1cc(C)c(CNCCI)c(C)c1. The van der Waals surface area contributed by atoms with Crippen molar-refractivity contribution in [2.75, 3.05) is 11.0 Å². The summed E-state index contributed by atoms with van der Waals surface area (Å²) in [6.45, 7) is 8.64. The number of alkyl halides is 1. The van der Waals surface area contributed by atoms with Crippen LogP contribution in [0.25, 0.3) is 0 Å². The predicted molar refractivity (Wildman–Crippen MR) is 71.2 cm³/mol. The van der Waals surface area contributed by atoms with Crippen LogP contribution in [-0.2, 0) is 6.54 Å². The molecule has 0 amide bonds. The van der Waals surface area contributed by atoms with E-state index in [1.54, 1.807) is 0 Å². The molecular weight excluding hydrogens is 285 g/mol. The third kappa shape index (κ3) is 3.24. The molecule has 0 saturated heterocycles. The highest BCUT2D eigenvalue weighted by molar-refractivity contribution is 14.1. The van der Waals surface area contributed by atoms with Crippen LogP contribution in [0.15, 0.2) is 12.1 Å². The number of hydrogen-bond acceptors (Lipinski definition) is 1. The van der Waals surface area contributed by atoms with Crippen molar-refractivity contribution in [1.82, 2.24) is 5.32 Å². The quantitative estimate of drug-likeness (QED) is 0.512. The van der Waals surface area contributed by atoms with Crippen LogP contribution in [0.3, 0.4) is 0 Å². The molecule has 0 aliphatic carbocycles. The van der Waals surface area contributed by atoms with Crippen molar-refractivity contribution >= 4 is 22.6 Å². The largest absolute Gasteiger partial charge is 0.312 e. The first-order valence-electron chi connectivity index (χ1n) is 4.98. The number of nitrogens with one attached hydrogen (secondary N) is 1. The minimum atomic E-state index is 1.00. The first-order chi connectivity index (χ1) is 6.65. The average molecular weight is 303 g/mol. The molecule has 0 saturated carbocycles. The van der Waals surface area contributed by atoms with Gasteiger partial charge in [-0.15, -0.1) is 0 Å². The van der Waals surface area contributed by atoms with Crippen LogP contribution in [0.5, 0.6) is 0 Å². The minimum absolute atomic E-state index is 1.00. The van der Waals surface area contributed by atoms with E-state index in [-0.39, 0.29) is 0 Å². The van der Waals surface area contributed by atoms with Gasteiger partial charge in [0, 0.05) is 17.5 Å². The molecular formula is C12H18IN. The molecule has 0 fully saturated rings. The Morgan fingerprint density at radius 3 is 2.21 bits per heavy atom. The van der Waals surface area contributed by atoms with Gasteiger partial charge in [0.25, 0.3) is 0 Å². The van der Waals surface area contributed by atoms with Gasteiger partial charge in [-0.25, -0.2) is 0 Å². The van der Waals surface area contributed by atoms with Gasteiger partial charge in [-0.2, -0.15) is 0 Å². The maximum Gasteiger partial charge on any atom is 0.0211 e. The van der Waals surface area contributed by atoms with E-state index >= 15 is 0 Å². The Kier molecular flexibility index (Phi) is 4.89. The lowest BCUT2D eigenvalue weighted by molar-refractivity contribution is 0.729. The monoisotopic (exact) mass is 303 g/mol. The molecule has 1 nitrogen and oxygen atoms in total. The summed E-state index contributed by atoms with van der Waals surface area (Å²) < 4.78 is 1.17. The normalized spacial score (nSPS) is 10.6. The molecule has 78 valence electrons. The van der Waals surface area contributed by atoms with Crippen LogP contribution in [-0.4, -0.2) is 11.0 Å². The molecule has 0 unspecified atom stereocenters. The summed E-state index contributed by atoms with van der Waals surface area (Å²) >= 11 is 2.39. The van der Waals surface area contributed by atoms with Crippen molar-refractivity contribution < 1.29 is 0 Å². The molecule has 0 radical (unpaired) electrons. The van der Waals surface area contributed by atoms with Gasteiger partial charge in [0.2, 0.25) is 0 Å². The van der Waals surface area contributed by atoms with Gasteiger partial charge < -0.3 is 5.32 Å². The van der Waals surface area contributed by atoms with Gasteiger partial charge in [-0.05, 0) is 37.5 Å². The van der Waals surface area contributed by atoms with Crippen molar-refractivity contribution in [2.45, 2.75) is 27.3 Å². The van der Waals surface area contributed by atoms with Crippen LogP contribution in [0, 0.1) is 20.8 Å². The van der Waals surface area contributed by atoms with Crippen LogP contribution in [0.2, 0.25) is 0 Å².